The second-order valence-corrected chi connectivity index (χ2v) is 6.28. The van der Waals surface area contributed by atoms with E-state index in [4.69, 9.17) is 0 Å². The van der Waals surface area contributed by atoms with Crippen molar-refractivity contribution in [1.82, 2.24) is 4.90 Å². The second-order valence-electron chi connectivity index (χ2n) is 6.28. The van der Waals surface area contributed by atoms with E-state index in [1.165, 1.54) is 12.1 Å². The van der Waals surface area contributed by atoms with Crippen LogP contribution in [-0.4, -0.2) is 41.9 Å². The fraction of sp³-hybridized carbons (Fsp3) is 0.250. The lowest BCUT2D eigenvalue weighted by molar-refractivity contribution is -0.384. The number of hydrogen-bond donors (Lipinski definition) is 0. The average Bonchev–Trinajstić information content (AvgIpc) is 2.67. The molecular weight excluding hydrogens is 330 g/mol. The van der Waals surface area contributed by atoms with Crippen LogP contribution in [0.1, 0.15) is 11.1 Å². The van der Waals surface area contributed by atoms with Gasteiger partial charge in [0.2, 0.25) is 5.91 Å². The smallest absolute Gasteiger partial charge is 0.269 e. The highest BCUT2D eigenvalue weighted by Gasteiger charge is 2.20. The first-order valence-corrected chi connectivity index (χ1v) is 8.56. The predicted octanol–water partition coefficient (Wildman–Crippen LogP) is 3.27. The van der Waals surface area contributed by atoms with Gasteiger partial charge in [0.05, 0.1) is 4.92 Å². The molecule has 2 aromatic rings. The quantitative estimate of drug-likeness (QED) is 0.482. The van der Waals surface area contributed by atoms with Gasteiger partial charge in [0.25, 0.3) is 5.69 Å². The number of hydrogen-bond acceptors (Lipinski definition) is 4. The van der Waals surface area contributed by atoms with Crippen molar-refractivity contribution < 1.29 is 9.72 Å². The SMILES string of the molecule is Cc1ccccc1/C=C/C(=O)N1CCN(c2ccc([N+](=O)[O-])cc2)CC1. The molecule has 0 N–H and O–H groups in total. The Bertz CT molecular complexity index is 822. The maximum atomic E-state index is 12.4. The summed E-state index contributed by atoms with van der Waals surface area (Å²) in [5.74, 6) is 0.0107. The summed E-state index contributed by atoms with van der Waals surface area (Å²) in [7, 11) is 0. The lowest BCUT2D eigenvalue weighted by Gasteiger charge is -2.35. The lowest BCUT2D eigenvalue weighted by Crippen LogP contribution is -2.48. The fourth-order valence-corrected chi connectivity index (χ4v) is 3.01. The van der Waals surface area contributed by atoms with E-state index in [2.05, 4.69) is 4.90 Å². The van der Waals surface area contributed by atoms with Crippen LogP contribution in [-0.2, 0) is 4.79 Å². The standard InChI is InChI=1S/C20H21N3O3/c1-16-4-2-3-5-17(16)6-11-20(24)22-14-12-21(13-15-22)18-7-9-19(10-8-18)23(25)26/h2-11H,12-15H2,1H3/b11-6+. The molecule has 1 amide bonds. The normalized spacial score (nSPS) is 14.7. The van der Waals surface area contributed by atoms with Gasteiger partial charge in [-0.2, -0.15) is 0 Å². The zero-order valence-electron chi connectivity index (χ0n) is 14.7. The second kappa shape index (κ2) is 7.82. The van der Waals surface area contributed by atoms with Crippen LogP contribution in [0.3, 0.4) is 0 Å². The van der Waals surface area contributed by atoms with E-state index >= 15 is 0 Å². The summed E-state index contributed by atoms with van der Waals surface area (Å²) in [4.78, 5) is 26.7. The third-order valence-corrected chi connectivity index (χ3v) is 4.61. The van der Waals surface area contributed by atoms with Gasteiger partial charge in [-0.15, -0.1) is 0 Å². The van der Waals surface area contributed by atoms with Crippen LogP contribution in [0, 0.1) is 17.0 Å². The molecule has 134 valence electrons. The molecule has 0 aromatic heterocycles. The molecular formula is C20H21N3O3. The number of carbonyl (C=O) groups excluding carboxylic acids is 1. The summed E-state index contributed by atoms with van der Waals surface area (Å²) in [5.41, 5.74) is 3.21. The zero-order chi connectivity index (χ0) is 18.5. The number of aryl methyl sites for hydroxylation is 1. The first kappa shape index (κ1) is 17.7. The molecule has 0 unspecified atom stereocenters. The molecule has 0 radical (unpaired) electrons. The topological polar surface area (TPSA) is 66.7 Å². The van der Waals surface area contributed by atoms with Crippen molar-refractivity contribution in [3.8, 4) is 0 Å². The lowest BCUT2D eigenvalue weighted by atomic mass is 10.1. The van der Waals surface area contributed by atoms with Crippen LogP contribution in [0.15, 0.2) is 54.6 Å². The summed E-state index contributed by atoms with van der Waals surface area (Å²) in [6, 6.07) is 14.5. The number of amides is 1. The summed E-state index contributed by atoms with van der Waals surface area (Å²) in [5, 5.41) is 10.7. The van der Waals surface area contributed by atoms with E-state index in [0.717, 1.165) is 16.8 Å². The molecule has 0 bridgehead atoms. The van der Waals surface area contributed by atoms with Crippen molar-refractivity contribution in [3.63, 3.8) is 0 Å². The molecule has 6 heteroatoms. The minimum absolute atomic E-state index is 0.0107. The van der Waals surface area contributed by atoms with Crippen LogP contribution >= 0.6 is 0 Å². The molecule has 6 nitrogen and oxygen atoms in total. The van der Waals surface area contributed by atoms with Crippen LogP contribution in [0.2, 0.25) is 0 Å². The van der Waals surface area contributed by atoms with Crippen molar-refractivity contribution in [3.05, 3.63) is 75.8 Å². The summed E-state index contributed by atoms with van der Waals surface area (Å²) in [6.07, 6.45) is 3.49. The van der Waals surface area contributed by atoms with E-state index in [1.807, 2.05) is 42.2 Å². The van der Waals surface area contributed by atoms with Gasteiger partial charge in [-0.3, -0.25) is 14.9 Å². The third-order valence-electron chi connectivity index (χ3n) is 4.61. The summed E-state index contributed by atoms with van der Waals surface area (Å²) >= 11 is 0. The maximum absolute atomic E-state index is 12.4. The van der Waals surface area contributed by atoms with Crippen molar-refractivity contribution in [2.24, 2.45) is 0 Å². The number of carbonyl (C=O) groups is 1. The first-order valence-electron chi connectivity index (χ1n) is 8.56. The molecule has 2 aromatic carbocycles. The Labute approximate surface area is 152 Å². The van der Waals surface area contributed by atoms with Crippen LogP contribution < -0.4 is 4.90 Å². The van der Waals surface area contributed by atoms with E-state index in [9.17, 15) is 14.9 Å². The average molecular weight is 351 g/mol. The van der Waals surface area contributed by atoms with Gasteiger partial charge < -0.3 is 9.80 Å². The first-order chi connectivity index (χ1) is 12.5. The van der Waals surface area contributed by atoms with Gasteiger partial charge in [-0.05, 0) is 36.3 Å². The fourth-order valence-electron chi connectivity index (χ4n) is 3.01. The molecule has 0 saturated carbocycles. The molecule has 0 atom stereocenters. The number of non-ortho nitro benzene ring substituents is 1. The number of nitrogens with zero attached hydrogens (tertiary/aromatic N) is 3. The highest BCUT2D eigenvalue weighted by molar-refractivity contribution is 5.92. The summed E-state index contributed by atoms with van der Waals surface area (Å²) in [6.45, 7) is 4.71. The third kappa shape index (κ3) is 4.08. The Balaban J connectivity index is 1.57. The number of benzene rings is 2. The van der Waals surface area contributed by atoms with Crippen molar-refractivity contribution in [2.75, 3.05) is 31.1 Å². The van der Waals surface area contributed by atoms with Gasteiger partial charge in [0, 0.05) is 50.1 Å². The Hall–Kier alpha value is -3.15. The highest BCUT2D eigenvalue weighted by atomic mass is 16.6. The Kier molecular flexibility index (Phi) is 5.31. The maximum Gasteiger partial charge on any atom is 0.269 e. The van der Waals surface area contributed by atoms with Gasteiger partial charge in [0.15, 0.2) is 0 Å². The zero-order valence-corrected chi connectivity index (χ0v) is 14.7. The number of nitro benzene ring substituents is 1. The van der Waals surface area contributed by atoms with Gasteiger partial charge in [0.1, 0.15) is 0 Å². The molecule has 1 aliphatic heterocycles. The Morgan fingerprint density at radius 2 is 1.69 bits per heavy atom. The molecule has 0 aliphatic carbocycles. The number of rotatable bonds is 4. The Morgan fingerprint density at radius 3 is 2.31 bits per heavy atom. The summed E-state index contributed by atoms with van der Waals surface area (Å²) < 4.78 is 0. The monoisotopic (exact) mass is 351 g/mol. The number of piperazine rings is 1. The molecule has 3 rings (SSSR count). The van der Waals surface area contributed by atoms with Crippen LogP contribution in [0.25, 0.3) is 6.08 Å². The molecule has 1 fully saturated rings. The molecule has 1 heterocycles. The minimum Gasteiger partial charge on any atom is -0.368 e. The molecule has 1 aliphatic rings. The van der Waals surface area contributed by atoms with Gasteiger partial charge in [-0.25, -0.2) is 0 Å². The molecule has 1 saturated heterocycles. The van der Waals surface area contributed by atoms with E-state index in [1.54, 1.807) is 18.2 Å². The van der Waals surface area contributed by atoms with Crippen LogP contribution in [0.5, 0.6) is 0 Å². The number of nitro groups is 1. The number of anilines is 1. The van der Waals surface area contributed by atoms with Crippen molar-refractivity contribution in [2.45, 2.75) is 6.92 Å². The van der Waals surface area contributed by atoms with Gasteiger partial charge >= 0.3 is 0 Å². The van der Waals surface area contributed by atoms with Crippen molar-refractivity contribution >= 4 is 23.4 Å². The highest BCUT2D eigenvalue weighted by Crippen LogP contribution is 2.20. The largest absolute Gasteiger partial charge is 0.368 e. The van der Waals surface area contributed by atoms with Crippen molar-refractivity contribution in [1.29, 1.82) is 0 Å². The van der Waals surface area contributed by atoms with Crippen LogP contribution in [0.4, 0.5) is 11.4 Å². The van der Waals surface area contributed by atoms with Gasteiger partial charge in [-0.1, -0.05) is 24.3 Å². The van der Waals surface area contributed by atoms with E-state index in [-0.39, 0.29) is 11.6 Å². The predicted molar refractivity (Wildman–Crippen MR) is 102 cm³/mol. The minimum atomic E-state index is -0.402. The Morgan fingerprint density at radius 1 is 1.04 bits per heavy atom. The molecule has 0 spiro atoms. The van der Waals surface area contributed by atoms with E-state index < -0.39 is 4.92 Å². The van der Waals surface area contributed by atoms with E-state index in [0.29, 0.717) is 26.2 Å². The molecule has 26 heavy (non-hydrogen) atoms.